The zero-order valence-corrected chi connectivity index (χ0v) is 14.5. The predicted molar refractivity (Wildman–Crippen MR) is 92.9 cm³/mol. The van der Waals surface area contributed by atoms with E-state index in [0.717, 1.165) is 18.4 Å². The monoisotopic (exact) mass is 355 g/mol. The van der Waals surface area contributed by atoms with E-state index in [-0.39, 0.29) is 35.8 Å². The second-order valence-corrected chi connectivity index (χ2v) is 6.55. The fraction of sp³-hybridized carbons (Fsp3) is 0.529. The van der Waals surface area contributed by atoms with Crippen LogP contribution < -0.4 is 11.1 Å². The van der Waals surface area contributed by atoms with E-state index >= 15 is 0 Å². The zero-order chi connectivity index (χ0) is 16.6. The van der Waals surface area contributed by atoms with Gasteiger partial charge in [0.25, 0.3) is 5.91 Å². The number of aryl methyl sites for hydroxylation is 1. The van der Waals surface area contributed by atoms with Gasteiger partial charge in [-0.2, -0.15) is 0 Å². The van der Waals surface area contributed by atoms with Crippen LogP contribution in [-0.2, 0) is 11.2 Å². The largest absolute Gasteiger partial charge is 0.334 e. The molecule has 132 valence electrons. The molecule has 0 radical (unpaired) electrons. The number of hydrogen-bond donors (Lipinski definition) is 2. The Bertz CT molecular complexity index is 653. The molecule has 2 aliphatic rings. The molecule has 7 heteroatoms. The van der Waals surface area contributed by atoms with E-state index in [2.05, 4.69) is 12.2 Å². The van der Waals surface area contributed by atoms with Crippen molar-refractivity contribution in [2.24, 2.45) is 11.7 Å². The Morgan fingerprint density at radius 3 is 2.88 bits per heavy atom. The van der Waals surface area contributed by atoms with Gasteiger partial charge in [-0.05, 0) is 42.9 Å². The van der Waals surface area contributed by atoms with Crippen molar-refractivity contribution in [1.29, 1.82) is 0 Å². The molecule has 1 aromatic carbocycles. The zero-order valence-electron chi connectivity index (χ0n) is 13.7. The molecule has 0 aromatic heterocycles. The molecule has 3 N–H and O–H groups in total. The van der Waals surface area contributed by atoms with Gasteiger partial charge in [-0.1, -0.05) is 6.92 Å². The van der Waals surface area contributed by atoms with Crippen molar-refractivity contribution in [3.8, 4) is 0 Å². The number of amides is 2. The smallest absolute Gasteiger partial charge is 0.257 e. The molecule has 2 atom stereocenters. The summed E-state index contributed by atoms with van der Waals surface area (Å²) in [6.45, 7) is 3.14. The Balaban J connectivity index is 0.00000208. The standard InChI is InChI=1S/C17H22FN3O2.ClH/c1-10-4-5-21(12(6-10)9-19)17(23)13-7-11-2-3-16(22)20-15(11)8-14(13)18;/h7-8,10,12H,2-6,9,19H2,1H3,(H,20,22);1H. The highest BCUT2D eigenvalue weighted by atomic mass is 35.5. The van der Waals surface area contributed by atoms with Crippen molar-refractivity contribution in [3.05, 3.63) is 29.1 Å². The number of carbonyl (C=O) groups excluding carboxylic acids is 2. The van der Waals surface area contributed by atoms with Crippen molar-refractivity contribution in [1.82, 2.24) is 4.90 Å². The maximum atomic E-state index is 14.4. The summed E-state index contributed by atoms with van der Waals surface area (Å²) in [6, 6.07) is 2.79. The van der Waals surface area contributed by atoms with Crippen molar-refractivity contribution < 1.29 is 14.0 Å². The molecule has 2 unspecified atom stereocenters. The first-order valence-electron chi connectivity index (χ1n) is 8.13. The lowest BCUT2D eigenvalue weighted by Crippen LogP contribution is -2.49. The summed E-state index contributed by atoms with van der Waals surface area (Å²) in [6.07, 6.45) is 2.65. The Morgan fingerprint density at radius 1 is 1.42 bits per heavy atom. The number of hydrogen-bond acceptors (Lipinski definition) is 3. The minimum Gasteiger partial charge on any atom is -0.334 e. The van der Waals surface area contributed by atoms with E-state index in [1.807, 2.05) is 0 Å². The lowest BCUT2D eigenvalue weighted by atomic mass is 9.91. The number of piperidine rings is 1. The molecule has 2 amide bonds. The molecular weight excluding hydrogens is 333 g/mol. The van der Waals surface area contributed by atoms with E-state index in [1.54, 1.807) is 11.0 Å². The molecule has 0 spiro atoms. The Morgan fingerprint density at radius 2 is 2.17 bits per heavy atom. The molecule has 1 saturated heterocycles. The average molecular weight is 356 g/mol. The normalized spacial score (nSPS) is 23.1. The summed E-state index contributed by atoms with van der Waals surface area (Å²) in [5.74, 6) is -0.490. The van der Waals surface area contributed by atoms with Crippen LogP contribution in [0, 0.1) is 11.7 Å². The van der Waals surface area contributed by atoms with Crippen LogP contribution in [0.25, 0.3) is 0 Å². The number of rotatable bonds is 2. The van der Waals surface area contributed by atoms with Crippen LogP contribution in [0.5, 0.6) is 0 Å². The molecular formula is C17H23ClFN3O2. The number of halogens is 2. The van der Waals surface area contributed by atoms with Gasteiger partial charge in [-0.3, -0.25) is 9.59 Å². The van der Waals surface area contributed by atoms with E-state index in [0.29, 0.717) is 37.5 Å². The van der Waals surface area contributed by atoms with Gasteiger partial charge in [-0.15, -0.1) is 12.4 Å². The van der Waals surface area contributed by atoms with Gasteiger partial charge in [0.15, 0.2) is 0 Å². The molecule has 0 aliphatic carbocycles. The molecule has 1 fully saturated rings. The summed E-state index contributed by atoms with van der Waals surface area (Å²) in [7, 11) is 0. The Labute approximate surface area is 147 Å². The molecule has 3 rings (SSSR count). The van der Waals surface area contributed by atoms with E-state index in [1.165, 1.54) is 6.07 Å². The van der Waals surface area contributed by atoms with Crippen molar-refractivity contribution in [2.75, 3.05) is 18.4 Å². The van der Waals surface area contributed by atoms with Crippen LogP contribution in [0.15, 0.2) is 12.1 Å². The minimum absolute atomic E-state index is 0. The number of nitrogens with zero attached hydrogens (tertiary/aromatic N) is 1. The average Bonchev–Trinajstić information content (AvgIpc) is 2.53. The summed E-state index contributed by atoms with van der Waals surface area (Å²) in [5.41, 5.74) is 7.16. The number of likely N-dealkylation sites (tertiary alicyclic amines) is 1. The van der Waals surface area contributed by atoms with Crippen LogP contribution in [0.3, 0.4) is 0 Å². The molecule has 0 bridgehead atoms. The number of anilines is 1. The lowest BCUT2D eigenvalue weighted by Gasteiger charge is -2.38. The van der Waals surface area contributed by atoms with Crippen LogP contribution in [0.1, 0.15) is 42.1 Å². The number of benzene rings is 1. The fourth-order valence-corrected chi connectivity index (χ4v) is 3.46. The minimum atomic E-state index is -0.592. The van der Waals surface area contributed by atoms with Crippen LogP contribution in [0.2, 0.25) is 0 Å². The van der Waals surface area contributed by atoms with Crippen molar-refractivity contribution in [2.45, 2.75) is 38.6 Å². The molecule has 1 aromatic rings. The summed E-state index contributed by atoms with van der Waals surface area (Å²) in [5, 5.41) is 2.65. The second-order valence-electron chi connectivity index (χ2n) is 6.55. The highest BCUT2D eigenvalue weighted by Crippen LogP contribution is 2.29. The number of fused-ring (bicyclic) bond motifs is 1. The highest BCUT2D eigenvalue weighted by Gasteiger charge is 2.31. The molecule has 24 heavy (non-hydrogen) atoms. The second kappa shape index (κ2) is 7.49. The predicted octanol–water partition coefficient (Wildman–Crippen LogP) is 2.33. The number of nitrogens with two attached hydrogens (primary N) is 1. The topological polar surface area (TPSA) is 75.4 Å². The Kier molecular flexibility index (Phi) is 5.83. The first kappa shape index (κ1) is 18.7. The molecule has 5 nitrogen and oxygen atoms in total. The van der Waals surface area contributed by atoms with Gasteiger partial charge in [-0.25, -0.2) is 4.39 Å². The lowest BCUT2D eigenvalue weighted by molar-refractivity contribution is -0.116. The first-order chi connectivity index (χ1) is 11.0. The van der Waals surface area contributed by atoms with Gasteiger partial charge in [0.05, 0.1) is 5.56 Å². The van der Waals surface area contributed by atoms with E-state index < -0.39 is 5.82 Å². The summed E-state index contributed by atoms with van der Waals surface area (Å²) < 4.78 is 14.4. The number of nitrogens with one attached hydrogen (secondary N) is 1. The van der Waals surface area contributed by atoms with E-state index in [9.17, 15) is 14.0 Å². The van der Waals surface area contributed by atoms with E-state index in [4.69, 9.17) is 5.73 Å². The summed E-state index contributed by atoms with van der Waals surface area (Å²) in [4.78, 5) is 25.9. The number of carbonyl (C=O) groups is 2. The van der Waals surface area contributed by atoms with Gasteiger partial charge in [0.2, 0.25) is 5.91 Å². The van der Waals surface area contributed by atoms with Crippen molar-refractivity contribution in [3.63, 3.8) is 0 Å². The molecule has 0 saturated carbocycles. The quantitative estimate of drug-likeness (QED) is 0.855. The fourth-order valence-electron chi connectivity index (χ4n) is 3.46. The van der Waals surface area contributed by atoms with Gasteiger partial charge >= 0.3 is 0 Å². The molecule has 2 aliphatic heterocycles. The molecule has 2 heterocycles. The van der Waals surface area contributed by atoms with Crippen LogP contribution in [0.4, 0.5) is 10.1 Å². The Hall–Kier alpha value is -1.66. The maximum absolute atomic E-state index is 14.4. The third-order valence-electron chi connectivity index (χ3n) is 4.83. The highest BCUT2D eigenvalue weighted by molar-refractivity contribution is 5.98. The third-order valence-corrected chi connectivity index (χ3v) is 4.83. The SMILES string of the molecule is CC1CCN(C(=O)c2cc3c(cc2F)NC(=O)CC3)C(CN)C1.Cl. The van der Waals surface area contributed by atoms with Gasteiger partial charge in [0, 0.05) is 31.2 Å². The maximum Gasteiger partial charge on any atom is 0.257 e. The van der Waals surface area contributed by atoms with Gasteiger partial charge in [0.1, 0.15) is 5.82 Å². The van der Waals surface area contributed by atoms with Gasteiger partial charge < -0.3 is 16.0 Å². The first-order valence-corrected chi connectivity index (χ1v) is 8.13. The van der Waals surface area contributed by atoms with Crippen molar-refractivity contribution >= 4 is 29.9 Å². The summed E-state index contributed by atoms with van der Waals surface area (Å²) >= 11 is 0. The van der Waals surface area contributed by atoms with Crippen LogP contribution in [-0.4, -0.2) is 35.8 Å². The third kappa shape index (κ3) is 3.54. The van der Waals surface area contributed by atoms with Crippen LogP contribution >= 0.6 is 12.4 Å².